The Kier molecular flexibility index (Phi) is 5.15. The molecule has 1 saturated heterocycles. The van der Waals surface area contributed by atoms with Gasteiger partial charge in [0, 0.05) is 29.5 Å². The first-order chi connectivity index (χ1) is 17.1. The van der Waals surface area contributed by atoms with E-state index < -0.39 is 11.8 Å². The Morgan fingerprint density at radius 1 is 1.00 bits per heavy atom. The first-order valence-corrected chi connectivity index (χ1v) is 11.5. The van der Waals surface area contributed by atoms with Gasteiger partial charge in [-0.05, 0) is 55.3 Å². The molecule has 8 nitrogen and oxygen atoms in total. The van der Waals surface area contributed by atoms with Crippen molar-refractivity contribution < 1.29 is 23.5 Å². The van der Waals surface area contributed by atoms with Crippen LogP contribution in [-0.2, 0) is 4.74 Å². The van der Waals surface area contributed by atoms with E-state index in [0.717, 1.165) is 18.4 Å². The molecular weight excluding hydrogens is 446 g/mol. The Morgan fingerprint density at radius 3 is 2.63 bits per heavy atom. The molecule has 1 aromatic heterocycles. The van der Waals surface area contributed by atoms with E-state index in [1.54, 1.807) is 24.3 Å². The van der Waals surface area contributed by atoms with Crippen LogP contribution in [0.1, 0.15) is 43.9 Å². The summed E-state index contributed by atoms with van der Waals surface area (Å²) >= 11 is 0. The summed E-state index contributed by atoms with van der Waals surface area (Å²) in [5.41, 5.74) is 3.43. The van der Waals surface area contributed by atoms with Crippen LogP contribution in [0.4, 0.5) is 5.69 Å². The van der Waals surface area contributed by atoms with Crippen LogP contribution < -0.4 is 5.32 Å². The van der Waals surface area contributed by atoms with Crippen LogP contribution in [0.3, 0.4) is 0 Å². The molecule has 1 unspecified atom stereocenters. The molecule has 8 heteroatoms. The molecule has 1 atom stereocenters. The van der Waals surface area contributed by atoms with Gasteiger partial charge < -0.3 is 14.5 Å². The molecule has 174 valence electrons. The van der Waals surface area contributed by atoms with Crippen LogP contribution >= 0.6 is 0 Å². The summed E-state index contributed by atoms with van der Waals surface area (Å²) in [5, 5.41) is 2.83. The molecule has 4 aromatic rings. The quantitative estimate of drug-likeness (QED) is 0.433. The van der Waals surface area contributed by atoms with Gasteiger partial charge in [0.2, 0.25) is 5.89 Å². The molecule has 0 spiro atoms. The number of aromatic nitrogens is 1. The van der Waals surface area contributed by atoms with E-state index in [2.05, 4.69) is 10.3 Å². The number of fused-ring (bicyclic) bond motifs is 2. The number of amides is 3. The van der Waals surface area contributed by atoms with Crippen molar-refractivity contribution in [2.24, 2.45) is 0 Å². The van der Waals surface area contributed by atoms with Crippen molar-refractivity contribution in [2.75, 3.05) is 18.5 Å². The zero-order chi connectivity index (χ0) is 23.9. The minimum atomic E-state index is -0.397. The Bertz CT molecular complexity index is 1470. The van der Waals surface area contributed by atoms with E-state index in [0.29, 0.717) is 34.8 Å². The monoisotopic (exact) mass is 467 g/mol. The van der Waals surface area contributed by atoms with Gasteiger partial charge >= 0.3 is 0 Å². The maximum atomic E-state index is 12.9. The smallest absolute Gasteiger partial charge is 0.261 e. The number of hydrogen-bond donors (Lipinski definition) is 1. The van der Waals surface area contributed by atoms with Gasteiger partial charge in [-0.3, -0.25) is 19.3 Å². The third-order valence-electron chi connectivity index (χ3n) is 6.31. The maximum Gasteiger partial charge on any atom is 0.261 e. The van der Waals surface area contributed by atoms with E-state index in [-0.39, 0.29) is 29.7 Å². The average molecular weight is 467 g/mol. The minimum Gasteiger partial charge on any atom is -0.436 e. The lowest BCUT2D eigenvalue weighted by atomic mass is 10.1. The number of rotatable bonds is 5. The number of imide groups is 1. The molecule has 2 aliphatic heterocycles. The number of benzene rings is 3. The summed E-state index contributed by atoms with van der Waals surface area (Å²) in [6, 6.07) is 19.3. The lowest BCUT2D eigenvalue weighted by molar-refractivity contribution is 0.0475. The molecule has 35 heavy (non-hydrogen) atoms. The molecule has 6 rings (SSSR count). The fraction of sp³-hybridized carbons (Fsp3) is 0.185. The molecule has 0 bridgehead atoms. The summed E-state index contributed by atoms with van der Waals surface area (Å²) in [6.07, 6.45) is 1.61. The van der Waals surface area contributed by atoms with Gasteiger partial charge in [-0.2, -0.15) is 0 Å². The standard InChI is InChI=1S/C27H21N3O5/c31-24(28-18-9-11-22-23(14-18)35-25(29-22)16-5-2-1-3-6-16)17-8-10-20-21(13-17)27(33)30(26(20)32)15-19-7-4-12-34-19/h1-3,5-6,8-11,13-14,19H,4,7,12,15H2,(H,28,31). The van der Waals surface area contributed by atoms with E-state index in [4.69, 9.17) is 9.15 Å². The number of nitrogens with one attached hydrogen (secondary N) is 1. The topological polar surface area (TPSA) is 102 Å². The number of oxazole rings is 1. The van der Waals surface area contributed by atoms with Crippen LogP contribution in [0.25, 0.3) is 22.6 Å². The number of carbonyl (C=O) groups excluding carboxylic acids is 3. The molecule has 0 saturated carbocycles. The molecule has 3 aromatic carbocycles. The van der Waals surface area contributed by atoms with Gasteiger partial charge in [0.25, 0.3) is 17.7 Å². The van der Waals surface area contributed by atoms with E-state index in [9.17, 15) is 14.4 Å². The Hall–Kier alpha value is -4.30. The highest BCUT2D eigenvalue weighted by atomic mass is 16.5. The molecule has 1 fully saturated rings. The van der Waals surface area contributed by atoms with Crippen molar-refractivity contribution in [2.45, 2.75) is 18.9 Å². The van der Waals surface area contributed by atoms with Crippen LogP contribution in [0.2, 0.25) is 0 Å². The highest BCUT2D eigenvalue weighted by molar-refractivity contribution is 6.22. The summed E-state index contributed by atoms with van der Waals surface area (Å²) in [6.45, 7) is 0.877. The van der Waals surface area contributed by atoms with E-state index in [1.165, 1.54) is 17.0 Å². The fourth-order valence-corrected chi connectivity index (χ4v) is 4.50. The Balaban J connectivity index is 1.21. The second-order valence-corrected chi connectivity index (χ2v) is 8.64. The van der Waals surface area contributed by atoms with Crippen LogP contribution in [0.15, 0.2) is 71.1 Å². The number of nitrogens with zero attached hydrogens (tertiary/aromatic N) is 2. The van der Waals surface area contributed by atoms with Gasteiger partial charge in [0.05, 0.1) is 23.8 Å². The summed E-state index contributed by atoms with van der Waals surface area (Å²) in [7, 11) is 0. The zero-order valence-corrected chi connectivity index (χ0v) is 18.7. The van der Waals surface area contributed by atoms with Gasteiger partial charge in [-0.1, -0.05) is 18.2 Å². The SMILES string of the molecule is O=C(Nc1ccc2nc(-c3ccccc3)oc2c1)c1ccc2c(c1)C(=O)N(CC1CCCO1)C2=O. The van der Waals surface area contributed by atoms with Crippen molar-refractivity contribution in [1.82, 2.24) is 9.88 Å². The Labute approximate surface area is 200 Å². The molecule has 1 N–H and O–H groups in total. The molecule has 3 amide bonds. The normalized spacial score (nSPS) is 17.3. The first kappa shape index (κ1) is 21.2. The zero-order valence-electron chi connectivity index (χ0n) is 18.7. The number of ether oxygens (including phenoxy) is 1. The molecule has 2 aliphatic rings. The van der Waals surface area contributed by atoms with Gasteiger partial charge in [0.15, 0.2) is 5.58 Å². The van der Waals surface area contributed by atoms with Gasteiger partial charge in [-0.25, -0.2) is 4.98 Å². The summed E-state index contributed by atoms with van der Waals surface area (Å²) in [4.78, 5) is 44.3. The number of anilines is 1. The maximum absolute atomic E-state index is 12.9. The number of carbonyl (C=O) groups is 3. The van der Waals surface area contributed by atoms with Crippen molar-refractivity contribution in [3.05, 3.63) is 83.4 Å². The van der Waals surface area contributed by atoms with Gasteiger partial charge in [0.1, 0.15) is 5.52 Å². The largest absolute Gasteiger partial charge is 0.436 e. The third-order valence-corrected chi connectivity index (χ3v) is 6.31. The molecule has 3 heterocycles. The Morgan fingerprint density at radius 2 is 1.83 bits per heavy atom. The van der Waals surface area contributed by atoms with Crippen molar-refractivity contribution in [1.29, 1.82) is 0 Å². The average Bonchev–Trinajstić information content (AvgIpc) is 3.60. The van der Waals surface area contributed by atoms with E-state index in [1.807, 2.05) is 30.3 Å². The number of hydrogen-bond acceptors (Lipinski definition) is 6. The first-order valence-electron chi connectivity index (χ1n) is 11.5. The predicted molar refractivity (Wildman–Crippen MR) is 128 cm³/mol. The molecule has 0 aliphatic carbocycles. The van der Waals surface area contributed by atoms with E-state index >= 15 is 0 Å². The lowest BCUT2D eigenvalue weighted by Gasteiger charge is -2.17. The molecular formula is C27H21N3O5. The lowest BCUT2D eigenvalue weighted by Crippen LogP contribution is -2.36. The van der Waals surface area contributed by atoms with Gasteiger partial charge in [-0.15, -0.1) is 0 Å². The van der Waals surface area contributed by atoms with Crippen LogP contribution in [0.5, 0.6) is 0 Å². The second-order valence-electron chi connectivity index (χ2n) is 8.64. The minimum absolute atomic E-state index is 0.131. The fourth-order valence-electron chi connectivity index (χ4n) is 4.50. The predicted octanol–water partition coefficient (Wildman–Crippen LogP) is 4.52. The molecule has 0 radical (unpaired) electrons. The third kappa shape index (κ3) is 3.87. The highest BCUT2D eigenvalue weighted by Crippen LogP contribution is 2.28. The van der Waals surface area contributed by atoms with Crippen molar-refractivity contribution in [3.8, 4) is 11.5 Å². The highest BCUT2D eigenvalue weighted by Gasteiger charge is 2.38. The summed E-state index contributed by atoms with van der Waals surface area (Å²) < 4.78 is 11.4. The van der Waals surface area contributed by atoms with Crippen molar-refractivity contribution in [3.63, 3.8) is 0 Å². The van der Waals surface area contributed by atoms with Crippen LogP contribution in [-0.4, -0.2) is 46.9 Å². The second kappa shape index (κ2) is 8.48. The van der Waals surface area contributed by atoms with Crippen LogP contribution in [0, 0.1) is 0 Å². The summed E-state index contributed by atoms with van der Waals surface area (Å²) in [5.74, 6) is -0.643. The van der Waals surface area contributed by atoms with Crippen molar-refractivity contribution >= 4 is 34.5 Å².